The summed E-state index contributed by atoms with van der Waals surface area (Å²) >= 11 is 0. The number of carbonyl (C=O) groups excluding carboxylic acids is 2. The van der Waals surface area contributed by atoms with Crippen LogP contribution in [0.5, 0.6) is 0 Å². The molecule has 20 heavy (non-hydrogen) atoms. The van der Waals surface area contributed by atoms with Crippen LogP contribution in [0.25, 0.3) is 0 Å². The van der Waals surface area contributed by atoms with Gasteiger partial charge < -0.3 is 10.6 Å². The molecule has 0 aromatic rings. The van der Waals surface area contributed by atoms with E-state index in [1.54, 1.807) is 0 Å². The van der Waals surface area contributed by atoms with E-state index < -0.39 is 5.54 Å². The Bertz CT molecular complexity index is 364. The Morgan fingerprint density at radius 2 is 2.15 bits per heavy atom. The summed E-state index contributed by atoms with van der Waals surface area (Å²) in [5.74, 6) is 0.404. The number of imide groups is 1. The number of piperidine rings is 1. The summed E-state index contributed by atoms with van der Waals surface area (Å²) in [5, 5.41) is 6.16. The van der Waals surface area contributed by atoms with Gasteiger partial charge in [0.1, 0.15) is 5.54 Å². The number of amides is 3. The molecule has 1 spiro atoms. The number of rotatable bonds is 6. The maximum absolute atomic E-state index is 12.6. The fraction of sp³-hybridized carbons (Fsp3) is 0.867. The molecule has 0 bridgehead atoms. The maximum Gasteiger partial charge on any atom is 0.325 e. The molecule has 2 aliphatic rings. The van der Waals surface area contributed by atoms with E-state index in [0.29, 0.717) is 19.0 Å². The van der Waals surface area contributed by atoms with E-state index in [4.69, 9.17) is 0 Å². The SMILES string of the molecule is CCCCC(CC)CN1C(=O)NC2(CCCNC2)C1=O. The molecule has 2 rings (SSSR count). The smallest absolute Gasteiger partial charge is 0.322 e. The molecule has 2 heterocycles. The van der Waals surface area contributed by atoms with Crippen LogP contribution >= 0.6 is 0 Å². The Balaban J connectivity index is 2.01. The topological polar surface area (TPSA) is 61.4 Å². The molecule has 2 aliphatic heterocycles. The molecule has 0 aliphatic carbocycles. The Morgan fingerprint density at radius 1 is 1.35 bits per heavy atom. The largest absolute Gasteiger partial charge is 0.325 e. The third-order valence-corrected chi connectivity index (χ3v) is 4.61. The molecule has 2 fully saturated rings. The monoisotopic (exact) mass is 281 g/mol. The minimum atomic E-state index is -0.668. The Hall–Kier alpha value is -1.10. The highest BCUT2D eigenvalue weighted by Crippen LogP contribution is 2.26. The van der Waals surface area contributed by atoms with Crippen LogP contribution in [0.3, 0.4) is 0 Å². The molecule has 0 aromatic carbocycles. The van der Waals surface area contributed by atoms with Crippen molar-refractivity contribution in [3.05, 3.63) is 0 Å². The molecule has 5 nitrogen and oxygen atoms in total. The van der Waals surface area contributed by atoms with Crippen LogP contribution in [0.4, 0.5) is 4.79 Å². The fourth-order valence-electron chi connectivity index (χ4n) is 3.21. The van der Waals surface area contributed by atoms with E-state index in [-0.39, 0.29) is 11.9 Å². The van der Waals surface area contributed by atoms with Gasteiger partial charge in [-0.25, -0.2) is 4.79 Å². The van der Waals surface area contributed by atoms with Gasteiger partial charge in [-0.15, -0.1) is 0 Å². The molecule has 3 amide bonds. The van der Waals surface area contributed by atoms with Gasteiger partial charge in [0.05, 0.1) is 0 Å². The molecule has 0 aromatic heterocycles. The average Bonchev–Trinajstić information content (AvgIpc) is 2.68. The van der Waals surface area contributed by atoms with Crippen LogP contribution in [0.1, 0.15) is 52.4 Å². The van der Waals surface area contributed by atoms with Gasteiger partial charge in [0.15, 0.2) is 0 Å². The summed E-state index contributed by atoms with van der Waals surface area (Å²) in [6.07, 6.45) is 6.12. The highest BCUT2D eigenvalue weighted by molar-refractivity contribution is 6.07. The number of nitrogens with one attached hydrogen (secondary N) is 2. The van der Waals surface area contributed by atoms with Gasteiger partial charge in [-0.1, -0.05) is 33.1 Å². The van der Waals surface area contributed by atoms with Gasteiger partial charge in [-0.3, -0.25) is 9.69 Å². The summed E-state index contributed by atoms with van der Waals surface area (Å²) in [7, 11) is 0. The summed E-state index contributed by atoms with van der Waals surface area (Å²) in [4.78, 5) is 26.2. The predicted molar refractivity (Wildman–Crippen MR) is 78.4 cm³/mol. The zero-order chi connectivity index (χ0) is 14.6. The molecular weight excluding hydrogens is 254 g/mol. The number of hydrogen-bond donors (Lipinski definition) is 2. The van der Waals surface area contributed by atoms with Crippen LogP contribution in [-0.2, 0) is 4.79 Å². The molecule has 114 valence electrons. The first-order valence-corrected chi connectivity index (χ1v) is 7.97. The second-order valence-electron chi connectivity index (χ2n) is 6.12. The van der Waals surface area contributed by atoms with Crippen LogP contribution in [0, 0.1) is 5.92 Å². The molecule has 2 saturated heterocycles. The average molecular weight is 281 g/mol. The highest BCUT2D eigenvalue weighted by Gasteiger charge is 2.51. The third kappa shape index (κ3) is 2.97. The van der Waals surface area contributed by atoms with E-state index in [9.17, 15) is 9.59 Å². The summed E-state index contributed by atoms with van der Waals surface area (Å²) in [6.45, 7) is 6.38. The van der Waals surface area contributed by atoms with Crippen LogP contribution in [0.2, 0.25) is 0 Å². The van der Waals surface area contributed by atoms with Crippen molar-refractivity contribution in [3.63, 3.8) is 0 Å². The lowest BCUT2D eigenvalue weighted by molar-refractivity contribution is -0.132. The van der Waals surface area contributed by atoms with Gasteiger partial charge >= 0.3 is 6.03 Å². The molecule has 0 saturated carbocycles. The molecule has 5 heteroatoms. The lowest BCUT2D eigenvalue weighted by Crippen LogP contribution is -2.57. The Labute approximate surface area is 121 Å². The van der Waals surface area contributed by atoms with Crippen molar-refractivity contribution in [1.82, 2.24) is 15.5 Å². The number of carbonyl (C=O) groups is 2. The predicted octanol–water partition coefficient (Wildman–Crippen LogP) is 1.88. The quantitative estimate of drug-likeness (QED) is 0.731. The first kappa shape index (κ1) is 15.3. The van der Waals surface area contributed by atoms with E-state index in [1.165, 1.54) is 4.90 Å². The van der Waals surface area contributed by atoms with Crippen molar-refractivity contribution in [3.8, 4) is 0 Å². The second-order valence-corrected chi connectivity index (χ2v) is 6.12. The summed E-state index contributed by atoms with van der Waals surface area (Å²) in [6, 6.07) is -0.200. The van der Waals surface area contributed by atoms with Crippen molar-refractivity contribution in [2.45, 2.75) is 57.9 Å². The van der Waals surface area contributed by atoms with Crippen molar-refractivity contribution < 1.29 is 9.59 Å². The van der Waals surface area contributed by atoms with E-state index >= 15 is 0 Å². The lowest BCUT2D eigenvalue weighted by Gasteiger charge is -2.31. The van der Waals surface area contributed by atoms with Crippen molar-refractivity contribution in [2.75, 3.05) is 19.6 Å². The van der Waals surface area contributed by atoms with E-state index in [0.717, 1.165) is 45.1 Å². The standard InChI is InChI=1S/C15H27N3O2/c1-3-5-7-12(4-2)10-18-13(19)15(17-14(18)20)8-6-9-16-11-15/h12,16H,3-11H2,1-2H3,(H,17,20). The van der Waals surface area contributed by atoms with Gasteiger partial charge in [0, 0.05) is 13.1 Å². The van der Waals surface area contributed by atoms with Gasteiger partial charge in [-0.2, -0.15) is 0 Å². The molecule has 2 N–H and O–H groups in total. The Kier molecular flexibility index (Phi) is 5.02. The number of urea groups is 1. The molecule has 2 unspecified atom stereocenters. The first-order valence-electron chi connectivity index (χ1n) is 7.97. The van der Waals surface area contributed by atoms with Crippen LogP contribution in [0.15, 0.2) is 0 Å². The van der Waals surface area contributed by atoms with Gasteiger partial charge in [0.25, 0.3) is 5.91 Å². The number of unbranched alkanes of at least 4 members (excludes halogenated alkanes) is 1. The zero-order valence-electron chi connectivity index (χ0n) is 12.7. The zero-order valence-corrected chi connectivity index (χ0v) is 12.7. The van der Waals surface area contributed by atoms with Crippen LogP contribution in [-0.4, -0.2) is 42.0 Å². The number of nitrogens with zero attached hydrogens (tertiary/aromatic N) is 1. The van der Waals surface area contributed by atoms with Crippen LogP contribution < -0.4 is 10.6 Å². The Morgan fingerprint density at radius 3 is 2.75 bits per heavy atom. The minimum absolute atomic E-state index is 0.0235. The van der Waals surface area contributed by atoms with Gasteiger partial charge in [0.2, 0.25) is 0 Å². The summed E-state index contributed by atoms with van der Waals surface area (Å²) < 4.78 is 0. The summed E-state index contributed by atoms with van der Waals surface area (Å²) in [5.41, 5.74) is -0.668. The molecule has 2 atom stereocenters. The van der Waals surface area contributed by atoms with E-state index in [1.807, 2.05) is 0 Å². The van der Waals surface area contributed by atoms with Crippen molar-refractivity contribution in [2.24, 2.45) is 5.92 Å². The minimum Gasteiger partial charge on any atom is -0.322 e. The third-order valence-electron chi connectivity index (χ3n) is 4.61. The fourth-order valence-corrected chi connectivity index (χ4v) is 3.21. The van der Waals surface area contributed by atoms with Crippen molar-refractivity contribution >= 4 is 11.9 Å². The number of hydrogen-bond acceptors (Lipinski definition) is 3. The molecular formula is C15H27N3O2. The first-order chi connectivity index (χ1) is 9.63. The second kappa shape index (κ2) is 6.57. The lowest BCUT2D eigenvalue weighted by atomic mass is 9.90. The maximum atomic E-state index is 12.6. The normalized spacial score (nSPS) is 28.0. The van der Waals surface area contributed by atoms with Gasteiger partial charge in [-0.05, 0) is 31.7 Å². The highest BCUT2D eigenvalue weighted by atomic mass is 16.2. The molecule has 0 radical (unpaired) electrons. The van der Waals surface area contributed by atoms with Crippen molar-refractivity contribution in [1.29, 1.82) is 0 Å². The van der Waals surface area contributed by atoms with E-state index in [2.05, 4.69) is 24.5 Å².